The van der Waals surface area contributed by atoms with E-state index in [4.69, 9.17) is 11.6 Å². The second kappa shape index (κ2) is 4.31. The molecule has 0 nitrogen and oxygen atoms in total. The average molecular weight is 306 g/mol. The smallest absolute Gasteiger partial charge is 0.0485 e. The molecule has 1 heterocycles. The van der Waals surface area contributed by atoms with Crippen molar-refractivity contribution in [2.24, 2.45) is 0 Å². The van der Waals surface area contributed by atoms with Gasteiger partial charge in [0.2, 0.25) is 0 Å². The molecule has 0 bridgehead atoms. The van der Waals surface area contributed by atoms with E-state index in [0.717, 1.165) is 4.47 Å². The van der Waals surface area contributed by atoms with Crippen LogP contribution in [0.25, 0.3) is 0 Å². The zero-order chi connectivity index (χ0) is 11.1. The fraction of sp³-hybridized carbons (Fsp3) is 0.500. The van der Waals surface area contributed by atoms with Crippen molar-refractivity contribution in [3.05, 3.63) is 27.7 Å². The molecule has 0 atom stereocenters. The lowest BCUT2D eigenvalue weighted by atomic mass is 9.81. The summed E-state index contributed by atoms with van der Waals surface area (Å²) >= 11 is 11.5. The van der Waals surface area contributed by atoms with E-state index in [1.165, 1.54) is 28.2 Å². The van der Waals surface area contributed by atoms with Gasteiger partial charge in [0.15, 0.2) is 0 Å². The van der Waals surface area contributed by atoms with Gasteiger partial charge in [-0.15, -0.1) is 23.4 Å². The first-order valence-corrected chi connectivity index (χ1v) is 7.37. The summed E-state index contributed by atoms with van der Waals surface area (Å²) in [4.78, 5) is 1.41. The average Bonchev–Trinajstić information content (AvgIpc) is 2.18. The van der Waals surface area contributed by atoms with Crippen LogP contribution in [0.2, 0.25) is 0 Å². The standard InChI is InChI=1S/C12H14BrClS/c1-12(2)3-4-15-11-8(7-14)5-9(13)6-10(11)12/h5-6H,3-4,7H2,1-2H3. The molecule has 1 aromatic carbocycles. The van der Waals surface area contributed by atoms with Gasteiger partial charge in [0, 0.05) is 15.2 Å². The van der Waals surface area contributed by atoms with Crippen LogP contribution < -0.4 is 0 Å². The Bertz CT molecular complexity index is 387. The van der Waals surface area contributed by atoms with Crippen LogP contribution >= 0.6 is 39.3 Å². The topological polar surface area (TPSA) is 0 Å². The highest BCUT2D eigenvalue weighted by atomic mass is 79.9. The molecule has 82 valence electrons. The molecule has 0 N–H and O–H groups in total. The maximum absolute atomic E-state index is 5.99. The number of hydrogen-bond acceptors (Lipinski definition) is 1. The Hall–Kier alpha value is 0.340. The zero-order valence-corrected chi connectivity index (χ0v) is 12.1. The van der Waals surface area contributed by atoms with Crippen LogP contribution in [0.4, 0.5) is 0 Å². The maximum Gasteiger partial charge on any atom is 0.0485 e. The van der Waals surface area contributed by atoms with Gasteiger partial charge < -0.3 is 0 Å². The molecule has 0 aromatic heterocycles. The van der Waals surface area contributed by atoms with Gasteiger partial charge in [-0.3, -0.25) is 0 Å². The molecular weight excluding hydrogens is 292 g/mol. The van der Waals surface area contributed by atoms with Crippen LogP contribution in [0, 0.1) is 0 Å². The zero-order valence-electron chi connectivity index (χ0n) is 8.94. The summed E-state index contributed by atoms with van der Waals surface area (Å²) in [6, 6.07) is 4.39. The highest BCUT2D eigenvalue weighted by Crippen LogP contribution is 2.44. The molecule has 1 aromatic rings. The van der Waals surface area contributed by atoms with Gasteiger partial charge in [-0.1, -0.05) is 29.8 Å². The lowest BCUT2D eigenvalue weighted by molar-refractivity contribution is 0.492. The van der Waals surface area contributed by atoms with E-state index in [9.17, 15) is 0 Å². The third-order valence-corrected chi connectivity index (χ3v) is 4.90. The largest absolute Gasteiger partial charge is 0.125 e. The molecule has 0 amide bonds. The van der Waals surface area contributed by atoms with Gasteiger partial charge in [-0.25, -0.2) is 0 Å². The summed E-state index contributed by atoms with van der Waals surface area (Å²) in [5.41, 5.74) is 2.99. The Morgan fingerprint density at radius 1 is 1.47 bits per heavy atom. The van der Waals surface area contributed by atoms with E-state index < -0.39 is 0 Å². The number of benzene rings is 1. The fourth-order valence-electron chi connectivity index (χ4n) is 1.97. The van der Waals surface area contributed by atoms with Crippen molar-refractivity contribution in [3.63, 3.8) is 0 Å². The van der Waals surface area contributed by atoms with Crippen LogP contribution in [0.1, 0.15) is 31.4 Å². The molecule has 1 aliphatic rings. The first-order chi connectivity index (χ1) is 7.04. The van der Waals surface area contributed by atoms with Crippen LogP contribution in [0.3, 0.4) is 0 Å². The van der Waals surface area contributed by atoms with E-state index in [2.05, 4.69) is 41.9 Å². The van der Waals surface area contributed by atoms with E-state index in [0.29, 0.717) is 5.88 Å². The van der Waals surface area contributed by atoms with E-state index >= 15 is 0 Å². The fourth-order valence-corrected chi connectivity index (χ4v) is 4.38. The number of halogens is 2. The molecule has 0 aliphatic carbocycles. The predicted octanol–water partition coefficient (Wildman–Crippen LogP) is 4.96. The van der Waals surface area contributed by atoms with Crippen molar-refractivity contribution < 1.29 is 0 Å². The van der Waals surface area contributed by atoms with Crippen molar-refractivity contribution in [1.29, 1.82) is 0 Å². The number of rotatable bonds is 1. The molecule has 0 fully saturated rings. The summed E-state index contributed by atoms with van der Waals surface area (Å²) in [7, 11) is 0. The Balaban J connectivity index is 2.61. The molecule has 3 heteroatoms. The van der Waals surface area contributed by atoms with Crippen molar-refractivity contribution in [3.8, 4) is 0 Å². The quantitative estimate of drug-likeness (QED) is 0.661. The molecule has 0 spiro atoms. The third-order valence-electron chi connectivity index (χ3n) is 2.98. The van der Waals surface area contributed by atoms with Crippen molar-refractivity contribution >= 4 is 39.3 Å². The van der Waals surface area contributed by atoms with Gasteiger partial charge >= 0.3 is 0 Å². The number of hydrogen-bond donors (Lipinski definition) is 0. The molecular formula is C12H14BrClS. The summed E-state index contributed by atoms with van der Waals surface area (Å²) < 4.78 is 1.15. The lowest BCUT2D eigenvalue weighted by Gasteiger charge is -2.33. The number of thioether (sulfide) groups is 1. The number of fused-ring (bicyclic) bond motifs is 1. The maximum atomic E-state index is 5.99. The van der Waals surface area contributed by atoms with E-state index in [-0.39, 0.29) is 5.41 Å². The highest BCUT2D eigenvalue weighted by Gasteiger charge is 2.29. The third kappa shape index (κ3) is 2.22. The molecule has 0 saturated heterocycles. The minimum Gasteiger partial charge on any atom is -0.125 e. The SMILES string of the molecule is CC1(C)CCSc2c(CCl)cc(Br)cc21. The van der Waals surface area contributed by atoms with Gasteiger partial charge in [0.05, 0.1) is 0 Å². The van der Waals surface area contributed by atoms with Gasteiger partial charge in [0.25, 0.3) is 0 Å². The highest BCUT2D eigenvalue weighted by molar-refractivity contribution is 9.10. The summed E-state index contributed by atoms with van der Waals surface area (Å²) in [5, 5.41) is 0. The van der Waals surface area contributed by atoms with E-state index in [1.807, 2.05) is 11.8 Å². The second-order valence-electron chi connectivity index (χ2n) is 4.56. The van der Waals surface area contributed by atoms with Crippen LogP contribution in [0.15, 0.2) is 21.5 Å². The Labute approximate surface area is 109 Å². The lowest BCUT2D eigenvalue weighted by Crippen LogP contribution is -2.23. The predicted molar refractivity (Wildman–Crippen MR) is 72.1 cm³/mol. The van der Waals surface area contributed by atoms with Crippen LogP contribution in [-0.4, -0.2) is 5.75 Å². The van der Waals surface area contributed by atoms with Crippen molar-refractivity contribution in [1.82, 2.24) is 0 Å². The van der Waals surface area contributed by atoms with Crippen molar-refractivity contribution in [2.45, 2.75) is 36.5 Å². The Kier molecular flexibility index (Phi) is 3.39. The molecule has 2 rings (SSSR count). The van der Waals surface area contributed by atoms with Gasteiger partial charge in [-0.05, 0) is 40.8 Å². The monoisotopic (exact) mass is 304 g/mol. The molecule has 0 saturated carbocycles. The summed E-state index contributed by atoms with van der Waals surface area (Å²) in [5.74, 6) is 1.80. The Morgan fingerprint density at radius 2 is 2.20 bits per heavy atom. The summed E-state index contributed by atoms with van der Waals surface area (Å²) in [6.07, 6.45) is 1.24. The molecule has 15 heavy (non-hydrogen) atoms. The molecule has 0 radical (unpaired) electrons. The Morgan fingerprint density at radius 3 is 2.87 bits per heavy atom. The normalized spacial score (nSPS) is 18.7. The second-order valence-corrected chi connectivity index (χ2v) is 6.85. The van der Waals surface area contributed by atoms with Gasteiger partial charge in [0.1, 0.15) is 0 Å². The molecule has 0 unspecified atom stereocenters. The first kappa shape index (κ1) is 11.8. The van der Waals surface area contributed by atoms with Crippen molar-refractivity contribution in [2.75, 3.05) is 5.75 Å². The van der Waals surface area contributed by atoms with Crippen LogP contribution in [-0.2, 0) is 11.3 Å². The summed E-state index contributed by atoms with van der Waals surface area (Å²) in [6.45, 7) is 4.63. The number of alkyl halides is 1. The minimum absolute atomic E-state index is 0.283. The van der Waals surface area contributed by atoms with Crippen LogP contribution in [0.5, 0.6) is 0 Å². The van der Waals surface area contributed by atoms with Gasteiger partial charge in [-0.2, -0.15) is 0 Å². The molecule has 1 aliphatic heterocycles. The minimum atomic E-state index is 0.283. The van der Waals surface area contributed by atoms with E-state index in [1.54, 1.807) is 0 Å². The first-order valence-electron chi connectivity index (χ1n) is 5.06.